The second-order valence-corrected chi connectivity index (χ2v) is 10.3. The number of rotatable bonds is 8. The van der Waals surface area contributed by atoms with Gasteiger partial charge in [-0.25, -0.2) is 9.65 Å². The molecule has 8 heteroatoms. The molecule has 140 valence electrons. The molecule has 0 aliphatic rings. The molecule has 0 aliphatic carbocycles. The highest BCUT2D eigenvalue weighted by Crippen LogP contribution is 2.59. The van der Waals surface area contributed by atoms with Gasteiger partial charge in [0.1, 0.15) is 11.8 Å². The van der Waals surface area contributed by atoms with E-state index in [9.17, 15) is 9.36 Å². The van der Waals surface area contributed by atoms with Crippen LogP contribution in [0.4, 0.5) is 0 Å². The van der Waals surface area contributed by atoms with Crippen molar-refractivity contribution in [1.82, 2.24) is 5.09 Å². The summed E-state index contributed by atoms with van der Waals surface area (Å²) in [5.74, 6) is -0.0529. The molecule has 0 saturated heterocycles. The Labute approximate surface area is 162 Å². The molecule has 0 radical (unpaired) electrons. The molecule has 0 unspecified atom stereocenters. The standard InChI is InChI=1S/C18H21ClNO4PS/c1-13(2)23-18(21)14(3)20-25(22,24-16-7-5-4-6-8-16)26-17-11-9-15(19)10-12-17/h4-14H,1-3H3,(H,20,22)/t14-,25+/m1/s1. The summed E-state index contributed by atoms with van der Waals surface area (Å²) >= 11 is 6.92. The number of hydrogen-bond donors (Lipinski definition) is 1. The van der Waals surface area contributed by atoms with E-state index in [1.165, 1.54) is 0 Å². The molecule has 0 heterocycles. The van der Waals surface area contributed by atoms with E-state index in [-0.39, 0.29) is 6.10 Å². The van der Waals surface area contributed by atoms with Crippen LogP contribution in [-0.2, 0) is 14.1 Å². The first-order valence-corrected chi connectivity index (χ1v) is 11.5. The van der Waals surface area contributed by atoms with Gasteiger partial charge in [0.05, 0.1) is 6.10 Å². The topological polar surface area (TPSA) is 64.6 Å². The monoisotopic (exact) mass is 413 g/mol. The summed E-state index contributed by atoms with van der Waals surface area (Å²) in [6, 6.07) is 14.9. The highest BCUT2D eigenvalue weighted by molar-refractivity contribution is 8.56. The summed E-state index contributed by atoms with van der Waals surface area (Å²) in [6.07, 6.45) is -0.259. The molecule has 0 fully saturated rings. The van der Waals surface area contributed by atoms with Gasteiger partial charge in [0, 0.05) is 9.92 Å². The SMILES string of the molecule is CC(C)OC(=O)[C@@H](C)N[P@](=O)(Oc1ccccc1)Sc1ccc(Cl)cc1. The van der Waals surface area contributed by atoms with Crippen LogP contribution >= 0.6 is 29.7 Å². The van der Waals surface area contributed by atoms with E-state index in [1.54, 1.807) is 69.3 Å². The number of benzene rings is 2. The van der Waals surface area contributed by atoms with Gasteiger partial charge < -0.3 is 9.26 Å². The lowest BCUT2D eigenvalue weighted by Gasteiger charge is -2.23. The molecule has 26 heavy (non-hydrogen) atoms. The molecule has 0 aromatic heterocycles. The fourth-order valence-electron chi connectivity index (χ4n) is 1.95. The van der Waals surface area contributed by atoms with E-state index in [4.69, 9.17) is 20.9 Å². The molecular formula is C18H21ClNO4PS. The van der Waals surface area contributed by atoms with Crippen molar-refractivity contribution in [1.29, 1.82) is 0 Å². The van der Waals surface area contributed by atoms with Crippen LogP contribution in [0, 0.1) is 0 Å². The van der Waals surface area contributed by atoms with Gasteiger partial charge in [-0.15, -0.1) is 0 Å². The first-order valence-electron chi connectivity index (χ1n) is 8.05. The van der Waals surface area contributed by atoms with E-state index in [1.807, 2.05) is 6.07 Å². The Morgan fingerprint density at radius 1 is 1.08 bits per heavy atom. The number of hydrogen-bond acceptors (Lipinski definition) is 5. The zero-order chi connectivity index (χ0) is 19.2. The van der Waals surface area contributed by atoms with E-state index >= 15 is 0 Å². The van der Waals surface area contributed by atoms with Crippen molar-refractivity contribution in [2.75, 3.05) is 0 Å². The minimum Gasteiger partial charge on any atom is -0.462 e. The smallest absolute Gasteiger partial charge is 0.379 e. The summed E-state index contributed by atoms with van der Waals surface area (Å²) in [6.45, 7) is 1.60. The zero-order valence-electron chi connectivity index (χ0n) is 14.7. The summed E-state index contributed by atoms with van der Waals surface area (Å²) in [7, 11) is 0. The second-order valence-electron chi connectivity index (χ2n) is 5.78. The Hall–Kier alpha value is -1.46. The van der Waals surface area contributed by atoms with E-state index < -0.39 is 18.7 Å². The summed E-state index contributed by atoms with van der Waals surface area (Å²) < 4.78 is 24.3. The van der Waals surface area contributed by atoms with E-state index in [0.29, 0.717) is 15.7 Å². The maximum atomic E-state index is 13.4. The number of nitrogens with one attached hydrogen (secondary N) is 1. The lowest BCUT2D eigenvalue weighted by molar-refractivity contribution is -0.148. The number of para-hydroxylation sites is 1. The zero-order valence-corrected chi connectivity index (χ0v) is 17.2. The van der Waals surface area contributed by atoms with Crippen molar-refractivity contribution in [3.05, 3.63) is 59.6 Å². The first kappa shape index (κ1) is 20.8. The Kier molecular flexibility index (Phi) is 7.59. The summed E-state index contributed by atoms with van der Waals surface area (Å²) in [4.78, 5) is 12.8. The van der Waals surface area contributed by atoms with Gasteiger partial charge in [-0.05, 0) is 68.6 Å². The predicted octanol–water partition coefficient (Wildman–Crippen LogP) is 5.55. The molecule has 1 N–H and O–H groups in total. The summed E-state index contributed by atoms with van der Waals surface area (Å²) in [5.41, 5.74) is 0. The molecule has 2 aromatic carbocycles. The van der Waals surface area contributed by atoms with Gasteiger partial charge in [0.25, 0.3) is 0 Å². The highest BCUT2D eigenvalue weighted by atomic mass is 35.5. The largest absolute Gasteiger partial charge is 0.462 e. The molecule has 0 amide bonds. The van der Waals surface area contributed by atoms with Gasteiger partial charge in [0.2, 0.25) is 0 Å². The maximum Gasteiger partial charge on any atom is 0.379 e. The maximum absolute atomic E-state index is 13.4. The van der Waals surface area contributed by atoms with Crippen LogP contribution in [0.15, 0.2) is 59.5 Å². The highest BCUT2D eigenvalue weighted by Gasteiger charge is 2.32. The molecule has 0 spiro atoms. The molecule has 2 atom stereocenters. The van der Waals surface area contributed by atoms with Crippen LogP contribution in [0.2, 0.25) is 5.02 Å². The minimum absolute atomic E-state index is 0.259. The number of halogens is 1. The Balaban J connectivity index is 2.21. The van der Waals surface area contributed by atoms with Crippen LogP contribution in [0.5, 0.6) is 5.75 Å². The predicted molar refractivity (Wildman–Crippen MR) is 106 cm³/mol. The van der Waals surface area contributed by atoms with Crippen LogP contribution in [0.25, 0.3) is 0 Å². The van der Waals surface area contributed by atoms with Crippen molar-refractivity contribution in [3.63, 3.8) is 0 Å². The molecule has 5 nitrogen and oxygen atoms in total. The van der Waals surface area contributed by atoms with Crippen molar-refractivity contribution in [2.24, 2.45) is 0 Å². The number of carbonyl (C=O) groups is 1. The molecule has 2 rings (SSSR count). The van der Waals surface area contributed by atoms with Crippen LogP contribution in [0.1, 0.15) is 20.8 Å². The van der Waals surface area contributed by atoms with Crippen molar-refractivity contribution < 1.29 is 18.6 Å². The third-order valence-electron chi connectivity index (χ3n) is 3.07. The molecule has 0 bridgehead atoms. The molecule has 0 aliphatic heterocycles. The Morgan fingerprint density at radius 2 is 1.69 bits per heavy atom. The average Bonchev–Trinajstić information content (AvgIpc) is 2.57. The van der Waals surface area contributed by atoms with E-state index in [2.05, 4.69) is 5.09 Å². The van der Waals surface area contributed by atoms with Gasteiger partial charge in [0.15, 0.2) is 0 Å². The summed E-state index contributed by atoms with van der Waals surface area (Å²) in [5, 5.41) is 3.38. The Bertz CT molecular complexity index is 771. The third kappa shape index (κ3) is 6.69. The quantitative estimate of drug-likeness (QED) is 0.452. The second kappa shape index (κ2) is 9.47. The van der Waals surface area contributed by atoms with Crippen molar-refractivity contribution in [3.8, 4) is 5.75 Å². The molecule has 0 saturated carbocycles. The van der Waals surface area contributed by atoms with Gasteiger partial charge in [-0.2, -0.15) is 0 Å². The average molecular weight is 414 g/mol. The van der Waals surface area contributed by atoms with Gasteiger partial charge in [-0.3, -0.25) is 4.79 Å². The molecular weight excluding hydrogens is 393 g/mol. The number of carbonyl (C=O) groups excluding carboxylic acids is 1. The van der Waals surface area contributed by atoms with E-state index in [0.717, 1.165) is 11.4 Å². The normalized spacial score (nSPS) is 14.5. The van der Waals surface area contributed by atoms with Crippen molar-refractivity contribution >= 4 is 35.7 Å². The fourth-order valence-corrected chi connectivity index (χ4v) is 5.93. The number of esters is 1. The van der Waals surface area contributed by atoms with Crippen LogP contribution in [0.3, 0.4) is 0 Å². The minimum atomic E-state index is -3.51. The first-order chi connectivity index (χ1) is 12.3. The Morgan fingerprint density at radius 3 is 2.27 bits per heavy atom. The van der Waals surface area contributed by atoms with Gasteiger partial charge >= 0.3 is 12.7 Å². The fraction of sp³-hybridized carbons (Fsp3) is 0.278. The van der Waals surface area contributed by atoms with Crippen LogP contribution < -0.4 is 9.61 Å². The van der Waals surface area contributed by atoms with Crippen LogP contribution in [-0.4, -0.2) is 18.1 Å². The third-order valence-corrected chi connectivity index (χ3v) is 7.09. The van der Waals surface area contributed by atoms with Gasteiger partial charge in [-0.1, -0.05) is 29.8 Å². The molecule has 2 aromatic rings. The lowest BCUT2D eigenvalue weighted by atomic mass is 10.3. The lowest BCUT2D eigenvalue weighted by Crippen LogP contribution is -2.35. The van der Waals surface area contributed by atoms with Crippen molar-refractivity contribution in [2.45, 2.75) is 37.8 Å². The number of ether oxygens (including phenoxy) is 1.